The van der Waals surface area contributed by atoms with E-state index in [2.05, 4.69) is 36.5 Å². The molecular weight excluding hydrogens is 198 g/mol. The lowest BCUT2D eigenvalue weighted by molar-refractivity contribution is 0.0808. The summed E-state index contributed by atoms with van der Waals surface area (Å²) in [5.74, 6) is 0. The van der Waals surface area contributed by atoms with Crippen LogP contribution in [0.25, 0.3) is 0 Å². The maximum atomic E-state index is 5.75. The Kier molecular flexibility index (Phi) is 3.97. The molecule has 1 N–H and O–H groups in total. The number of ether oxygens (including phenoxy) is 1. The summed E-state index contributed by atoms with van der Waals surface area (Å²) in [6, 6.07) is 9.19. The fourth-order valence-corrected chi connectivity index (χ4v) is 2.43. The summed E-state index contributed by atoms with van der Waals surface area (Å²) in [7, 11) is 2.03. The Morgan fingerprint density at radius 1 is 1.50 bits per heavy atom. The molecule has 0 amide bonds. The zero-order chi connectivity index (χ0) is 11.4. The smallest absolute Gasteiger partial charge is 0.0732 e. The number of rotatable bonds is 4. The van der Waals surface area contributed by atoms with E-state index in [-0.39, 0.29) is 0 Å². The third-order valence-electron chi connectivity index (χ3n) is 3.32. The van der Waals surface area contributed by atoms with Gasteiger partial charge in [-0.15, -0.1) is 0 Å². The molecule has 2 rings (SSSR count). The van der Waals surface area contributed by atoms with Gasteiger partial charge in [0.25, 0.3) is 0 Å². The van der Waals surface area contributed by atoms with E-state index in [9.17, 15) is 0 Å². The number of benzene rings is 1. The van der Waals surface area contributed by atoms with Gasteiger partial charge in [0.05, 0.1) is 6.10 Å². The summed E-state index contributed by atoms with van der Waals surface area (Å²) in [6.07, 6.45) is 3.85. The first-order chi connectivity index (χ1) is 7.79. The van der Waals surface area contributed by atoms with Crippen LogP contribution in [-0.4, -0.2) is 25.8 Å². The van der Waals surface area contributed by atoms with Crippen molar-refractivity contribution in [2.45, 2.75) is 38.3 Å². The van der Waals surface area contributed by atoms with Crippen molar-refractivity contribution in [2.75, 3.05) is 13.7 Å². The minimum atomic E-state index is 0.394. The second-order valence-corrected chi connectivity index (χ2v) is 4.64. The lowest BCUT2D eigenvalue weighted by Gasteiger charge is -2.22. The third kappa shape index (κ3) is 2.83. The van der Waals surface area contributed by atoms with Gasteiger partial charge in [-0.25, -0.2) is 0 Å². The van der Waals surface area contributed by atoms with Crippen LogP contribution in [-0.2, 0) is 11.2 Å². The molecule has 0 saturated carbocycles. The molecular formula is C14H21NO. The lowest BCUT2D eigenvalue weighted by Crippen LogP contribution is -2.39. The SMILES string of the molecule is CN[C@@H](Cc1cccc(C)c1)[C@H]1CCCO1. The Bertz CT molecular complexity index is 331. The van der Waals surface area contributed by atoms with E-state index in [4.69, 9.17) is 4.74 Å². The summed E-state index contributed by atoms with van der Waals surface area (Å²) < 4.78 is 5.75. The van der Waals surface area contributed by atoms with Crippen LogP contribution in [0.5, 0.6) is 0 Å². The van der Waals surface area contributed by atoms with Gasteiger partial charge in [0.15, 0.2) is 0 Å². The molecule has 88 valence electrons. The molecule has 0 bridgehead atoms. The highest BCUT2D eigenvalue weighted by Gasteiger charge is 2.24. The summed E-state index contributed by atoms with van der Waals surface area (Å²) in [6.45, 7) is 3.07. The second kappa shape index (κ2) is 5.46. The lowest BCUT2D eigenvalue weighted by atomic mass is 9.98. The molecule has 1 fully saturated rings. The fourth-order valence-electron chi connectivity index (χ4n) is 2.43. The molecule has 0 aromatic heterocycles. The first kappa shape index (κ1) is 11.6. The van der Waals surface area contributed by atoms with Gasteiger partial charge in [-0.1, -0.05) is 29.8 Å². The zero-order valence-electron chi connectivity index (χ0n) is 10.2. The van der Waals surface area contributed by atoms with Gasteiger partial charge < -0.3 is 10.1 Å². The number of hydrogen-bond acceptors (Lipinski definition) is 2. The van der Waals surface area contributed by atoms with E-state index in [0.717, 1.165) is 13.0 Å². The first-order valence-corrected chi connectivity index (χ1v) is 6.14. The van der Waals surface area contributed by atoms with Crippen LogP contribution in [0.2, 0.25) is 0 Å². The van der Waals surface area contributed by atoms with Crippen LogP contribution in [0.3, 0.4) is 0 Å². The van der Waals surface area contributed by atoms with Gasteiger partial charge in [-0.2, -0.15) is 0 Å². The highest BCUT2D eigenvalue weighted by molar-refractivity contribution is 5.23. The zero-order valence-corrected chi connectivity index (χ0v) is 10.2. The Morgan fingerprint density at radius 3 is 3.00 bits per heavy atom. The van der Waals surface area contributed by atoms with Crippen LogP contribution < -0.4 is 5.32 Å². The van der Waals surface area contributed by atoms with Gasteiger partial charge in [0.1, 0.15) is 0 Å². The van der Waals surface area contributed by atoms with Gasteiger partial charge in [0.2, 0.25) is 0 Å². The van der Waals surface area contributed by atoms with Crippen LogP contribution in [0.15, 0.2) is 24.3 Å². The minimum Gasteiger partial charge on any atom is -0.377 e. The van der Waals surface area contributed by atoms with E-state index < -0.39 is 0 Å². The molecule has 16 heavy (non-hydrogen) atoms. The first-order valence-electron chi connectivity index (χ1n) is 6.14. The summed E-state index contributed by atoms with van der Waals surface area (Å²) in [5, 5.41) is 3.39. The molecule has 1 aliphatic heterocycles. The van der Waals surface area contributed by atoms with Gasteiger partial charge in [-0.3, -0.25) is 0 Å². The number of hydrogen-bond donors (Lipinski definition) is 1. The Hall–Kier alpha value is -0.860. The van der Waals surface area contributed by atoms with E-state index in [0.29, 0.717) is 12.1 Å². The normalized spacial score (nSPS) is 22.2. The molecule has 0 aliphatic carbocycles. The highest BCUT2D eigenvalue weighted by Crippen LogP contribution is 2.18. The third-order valence-corrected chi connectivity index (χ3v) is 3.32. The average molecular weight is 219 g/mol. The maximum absolute atomic E-state index is 5.75. The molecule has 1 aromatic carbocycles. The average Bonchev–Trinajstić information content (AvgIpc) is 2.79. The molecule has 2 atom stereocenters. The Morgan fingerprint density at radius 2 is 2.38 bits per heavy atom. The predicted octanol–water partition coefficient (Wildman–Crippen LogP) is 2.30. The van der Waals surface area contributed by atoms with Crippen molar-refractivity contribution in [3.05, 3.63) is 35.4 Å². The topological polar surface area (TPSA) is 21.3 Å². The fraction of sp³-hybridized carbons (Fsp3) is 0.571. The molecule has 0 spiro atoms. The van der Waals surface area contributed by atoms with Crippen molar-refractivity contribution in [1.29, 1.82) is 0 Å². The van der Waals surface area contributed by atoms with Crippen LogP contribution in [0, 0.1) is 6.92 Å². The highest BCUT2D eigenvalue weighted by atomic mass is 16.5. The van der Waals surface area contributed by atoms with Crippen molar-refractivity contribution < 1.29 is 4.74 Å². The number of likely N-dealkylation sites (N-methyl/N-ethyl adjacent to an activating group) is 1. The number of aryl methyl sites for hydroxylation is 1. The van der Waals surface area contributed by atoms with Crippen molar-refractivity contribution in [1.82, 2.24) is 5.32 Å². The molecule has 0 radical (unpaired) electrons. The van der Waals surface area contributed by atoms with Crippen molar-refractivity contribution >= 4 is 0 Å². The number of nitrogens with one attached hydrogen (secondary N) is 1. The predicted molar refractivity (Wildman–Crippen MR) is 66.7 cm³/mol. The summed E-state index contributed by atoms with van der Waals surface area (Å²) in [5.41, 5.74) is 2.73. The van der Waals surface area contributed by atoms with Gasteiger partial charge >= 0.3 is 0 Å². The molecule has 2 nitrogen and oxygen atoms in total. The monoisotopic (exact) mass is 219 g/mol. The molecule has 2 heteroatoms. The standard InChI is InChI=1S/C14H21NO/c1-11-5-3-6-12(9-11)10-13(15-2)14-7-4-8-16-14/h3,5-6,9,13-15H,4,7-8,10H2,1-2H3/t13-,14+/m0/s1. The Labute approximate surface area is 98.0 Å². The molecule has 0 unspecified atom stereocenters. The van der Waals surface area contributed by atoms with Crippen LogP contribution in [0.4, 0.5) is 0 Å². The summed E-state index contributed by atoms with van der Waals surface area (Å²) in [4.78, 5) is 0. The Balaban J connectivity index is 2.00. The largest absolute Gasteiger partial charge is 0.377 e. The molecule has 1 aliphatic rings. The van der Waals surface area contributed by atoms with Crippen molar-refractivity contribution in [2.24, 2.45) is 0 Å². The minimum absolute atomic E-state index is 0.394. The van der Waals surface area contributed by atoms with E-state index >= 15 is 0 Å². The molecule has 1 saturated heterocycles. The van der Waals surface area contributed by atoms with Crippen LogP contribution in [0.1, 0.15) is 24.0 Å². The van der Waals surface area contributed by atoms with E-state index in [1.807, 2.05) is 7.05 Å². The summed E-state index contributed by atoms with van der Waals surface area (Å²) >= 11 is 0. The van der Waals surface area contributed by atoms with E-state index in [1.165, 1.54) is 24.0 Å². The second-order valence-electron chi connectivity index (χ2n) is 4.64. The quantitative estimate of drug-likeness (QED) is 0.839. The van der Waals surface area contributed by atoms with E-state index in [1.54, 1.807) is 0 Å². The van der Waals surface area contributed by atoms with Gasteiger partial charge in [-0.05, 0) is 38.8 Å². The molecule has 1 aromatic rings. The van der Waals surface area contributed by atoms with Crippen molar-refractivity contribution in [3.8, 4) is 0 Å². The van der Waals surface area contributed by atoms with Crippen LogP contribution >= 0.6 is 0 Å². The van der Waals surface area contributed by atoms with Crippen molar-refractivity contribution in [3.63, 3.8) is 0 Å². The van der Waals surface area contributed by atoms with Gasteiger partial charge in [0, 0.05) is 12.6 Å². The molecule has 1 heterocycles. The maximum Gasteiger partial charge on any atom is 0.0732 e.